The van der Waals surface area contributed by atoms with E-state index < -0.39 is 0 Å². The molecule has 0 amide bonds. The number of unbranched alkanes of at least 4 members (excludes halogenated alkanes) is 1. The minimum atomic E-state index is 0.548. The van der Waals surface area contributed by atoms with Crippen LogP contribution in [0.5, 0.6) is 0 Å². The lowest BCUT2D eigenvalue weighted by molar-refractivity contribution is 0.268. The van der Waals surface area contributed by atoms with Crippen LogP contribution in [-0.2, 0) is 0 Å². The molecule has 0 saturated carbocycles. The van der Waals surface area contributed by atoms with Gasteiger partial charge in [0, 0.05) is 12.2 Å². The number of aliphatic hydroxyl groups is 1. The van der Waals surface area contributed by atoms with Crippen LogP contribution in [-0.4, -0.2) is 23.1 Å². The van der Waals surface area contributed by atoms with Crippen LogP contribution in [0.25, 0.3) is 0 Å². The topological polar surface area (TPSA) is 23.5 Å². The molecule has 0 radical (unpaired) electrons. The average molecular weight is 207 g/mol. The lowest BCUT2D eigenvalue weighted by Crippen LogP contribution is -2.31. The normalized spacial score (nSPS) is 21.4. The SMILES string of the molecule is CCCCN1CC(O)=CC2=C1CCCC2. The van der Waals surface area contributed by atoms with Gasteiger partial charge in [-0.25, -0.2) is 0 Å². The molecule has 0 fully saturated rings. The van der Waals surface area contributed by atoms with Gasteiger partial charge in [-0.05, 0) is 43.8 Å². The average Bonchev–Trinajstić information content (AvgIpc) is 2.25. The van der Waals surface area contributed by atoms with Crippen LogP contribution < -0.4 is 0 Å². The maximum atomic E-state index is 9.70. The summed E-state index contributed by atoms with van der Waals surface area (Å²) in [7, 11) is 0. The summed E-state index contributed by atoms with van der Waals surface area (Å²) < 4.78 is 0. The Bertz CT molecular complexity index is 291. The van der Waals surface area contributed by atoms with E-state index in [0.717, 1.165) is 19.5 Å². The molecule has 84 valence electrons. The van der Waals surface area contributed by atoms with Crippen LogP contribution in [0.15, 0.2) is 23.1 Å². The first-order chi connectivity index (χ1) is 7.31. The molecule has 1 N–H and O–H groups in total. The summed E-state index contributed by atoms with van der Waals surface area (Å²) in [4.78, 5) is 2.38. The van der Waals surface area contributed by atoms with Crippen molar-refractivity contribution in [3.8, 4) is 0 Å². The molecule has 0 aromatic rings. The van der Waals surface area contributed by atoms with Gasteiger partial charge in [0.15, 0.2) is 0 Å². The number of rotatable bonds is 3. The summed E-state index contributed by atoms with van der Waals surface area (Å²) in [6.07, 6.45) is 9.41. The van der Waals surface area contributed by atoms with E-state index in [1.54, 1.807) is 0 Å². The number of aliphatic hydroxyl groups excluding tert-OH is 1. The molecule has 0 unspecified atom stereocenters. The molecule has 1 heterocycles. The zero-order valence-corrected chi connectivity index (χ0v) is 9.63. The number of nitrogens with zero attached hydrogens (tertiary/aromatic N) is 1. The van der Waals surface area contributed by atoms with Crippen molar-refractivity contribution in [1.82, 2.24) is 4.90 Å². The third-order valence-corrected chi connectivity index (χ3v) is 3.34. The molecule has 2 heteroatoms. The van der Waals surface area contributed by atoms with Crippen molar-refractivity contribution < 1.29 is 5.11 Å². The van der Waals surface area contributed by atoms with Crippen LogP contribution in [0.3, 0.4) is 0 Å². The van der Waals surface area contributed by atoms with Crippen LogP contribution in [0.2, 0.25) is 0 Å². The lowest BCUT2D eigenvalue weighted by atomic mass is 9.92. The van der Waals surface area contributed by atoms with E-state index in [2.05, 4.69) is 11.8 Å². The predicted molar refractivity (Wildman–Crippen MR) is 62.7 cm³/mol. The molecule has 0 bridgehead atoms. The van der Waals surface area contributed by atoms with E-state index in [1.807, 2.05) is 6.08 Å². The van der Waals surface area contributed by atoms with Gasteiger partial charge < -0.3 is 10.0 Å². The van der Waals surface area contributed by atoms with Gasteiger partial charge >= 0.3 is 0 Å². The second-order valence-electron chi connectivity index (χ2n) is 4.59. The highest BCUT2D eigenvalue weighted by molar-refractivity contribution is 5.32. The van der Waals surface area contributed by atoms with Crippen LogP contribution >= 0.6 is 0 Å². The molecule has 1 aliphatic heterocycles. The fourth-order valence-corrected chi connectivity index (χ4v) is 2.53. The van der Waals surface area contributed by atoms with Gasteiger partial charge in [0.1, 0.15) is 5.76 Å². The van der Waals surface area contributed by atoms with E-state index in [4.69, 9.17) is 0 Å². The molecule has 2 aliphatic rings. The summed E-state index contributed by atoms with van der Waals surface area (Å²) in [6, 6.07) is 0. The van der Waals surface area contributed by atoms with Crippen molar-refractivity contribution in [1.29, 1.82) is 0 Å². The van der Waals surface area contributed by atoms with Crippen molar-refractivity contribution in [2.45, 2.75) is 45.4 Å². The predicted octanol–water partition coefficient (Wildman–Crippen LogP) is 3.37. The van der Waals surface area contributed by atoms with Crippen molar-refractivity contribution in [3.05, 3.63) is 23.1 Å². The van der Waals surface area contributed by atoms with Crippen molar-refractivity contribution in [2.24, 2.45) is 0 Å². The Morgan fingerprint density at radius 2 is 2.13 bits per heavy atom. The molecule has 0 spiro atoms. The monoisotopic (exact) mass is 207 g/mol. The smallest absolute Gasteiger partial charge is 0.112 e. The third kappa shape index (κ3) is 2.36. The van der Waals surface area contributed by atoms with Crippen molar-refractivity contribution in [3.63, 3.8) is 0 Å². The molecule has 0 aromatic carbocycles. The summed E-state index contributed by atoms with van der Waals surface area (Å²) in [5.41, 5.74) is 2.90. The standard InChI is InChI=1S/C13H21NO/c1-2-3-8-14-10-12(15)9-11-6-4-5-7-13(11)14/h9,15H,2-8,10H2,1H3. The maximum absolute atomic E-state index is 9.70. The Kier molecular flexibility index (Phi) is 3.34. The van der Waals surface area contributed by atoms with Gasteiger partial charge in [0.05, 0.1) is 6.54 Å². The number of allylic oxidation sites excluding steroid dienone is 3. The van der Waals surface area contributed by atoms with Gasteiger partial charge in [0.25, 0.3) is 0 Å². The zero-order chi connectivity index (χ0) is 10.7. The van der Waals surface area contributed by atoms with Crippen LogP contribution in [0.4, 0.5) is 0 Å². The van der Waals surface area contributed by atoms with E-state index >= 15 is 0 Å². The van der Waals surface area contributed by atoms with Gasteiger partial charge in [-0.3, -0.25) is 0 Å². The Morgan fingerprint density at radius 1 is 1.33 bits per heavy atom. The Hall–Kier alpha value is -0.920. The molecule has 15 heavy (non-hydrogen) atoms. The molecule has 1 aliphatic carbocycles. The minimum Gasteiger partial charge on any atom is -0.510 e. The van der Waals surface area contributed by atoms with E-state index in [9.17, 15) is 5.11 Å². The molecule has 0 saturated heterocycles. The summed E-state index contributed by atoms with van der Waals surface area (Å²) in [5, 5.41) is 9.70. The number of hydrogen-bond donors (Lipinski definition) is 1. The molecular weight excluding hydrogens is 186 g/mol. The molecule has 2 rings (SSSR count). The van der Waals surface area contributed by atoms with Gasteiger partial charge in [0.2, 0.25) is 0 Å². The minimum absolute atomic E-state index is 0.548. The van der Waals surface area contributed by atoms with Gasteiger partial charge in [-0.1, -0.05) is 13.3 Å². The summed E-state index contributed by atoms with van der Waals surface area (Å²) in [5.74, 6) is 0.548. The first kappa shape index (κ1) is 10.6. The Morgan fingerprint density at radius 3 is 2.93 bits per heavy atom. The van der Waals surface area contributed by atoms with Gasteiger partial charge in [-0.2, -0.15) is 0 Å². The highest BCUT2D eigenvalue weighted by atomic mass is 16.3. The number of hydrogen-bond acceptors (Lipinski definition) is 2. The molecular formula is C13H21NO. The highest BCUT2D eigenvalue weighted by Gasteiger charge is 2.21. The summed E-state index contributed by atoms with van der Waals surface area (Å²) >= 11 is 0. The first-order valence-corrected chi connectivity index (χ1v) is 6.17. The second-order valence-corrected chi connectivity index (χ2v) is 4.59. The van der Waals surface area contributed by atoms with Crippen molar-refractivity contribution >= 4 is 0 Å². The fourth-order valence-electron chi connectivity index (χ4n) is 2.53. The molecule has 0 aromatic heterocycles. The fraction of sp³-hybridized carbons (Fsp3) is 0.692. The van der Waals surface area contributed by atoms with Crippen LogP contribution in [0, 0.1) is 0 Å². The summed E-state index contributed by atoms with van der Waals surface area (Å²) in [6.45, 7) is 4.06. The van der Waals surface area contributed by atoms with Crippen molar-refractivity contribution in [2.75, 3.05) is 13.1 Å². The maximum Gasteiger partial charge on any atom is 0.112 e. The van der Waals surface area contributed by atoms with Crippen LogP contribution in [0.1, 0.15) is 45.4 Å². The van der Waals surface area contributed by atoms with E-state index in [-0.39, 0.29) is 0 Å². The zero-order valence-electron chi connectivity index (χ0n) is 9.63. The largest absolute Gasteiger partial charge is 0.510 e. The van der Waals surface area contributed by atoms with E-state index in [1.165, 1.54) is 43.4 Å². The Balaban J connectivity index is 2.12. The second kappa shape index (κ2) is 4.73. The highest BCUT2D eigenvalue weighted by Crippen LogP contribution is 2.32. The van der Waals surface area contributed by atoms with E-state index in [0.29, 0.717) is 5.76 Å². The lowest BCUT2D eigenvalue weighted by Gasteiger charge is -2.34. The first-order valence-electron chi connectivity index (χ1n) is 6.17. The molecule has 0 atom stereocenters. The quantitative estimate of drug-likeness (QED) is 0.767. The molecule has 2 nitrogen and oxygen atoms in total. The third-order valence-electron chi connectivity index (χ3n) is 3.34. The van der Waals surface area contributed by atoms with Gasteiger partial charge in [-0.15, -0.1) is 0 Å². The Labute approximate surface area is 92.3 Å².